The van der Waals surface area contributed by atoms with Gasteiger partial charge in [-0.3, -0.25) is 14.5 Å². The van der Waals surface area contributed by atoms with Crippen LogP contribution in [0.4, 0.5) is 11.4 Å². The van der Waals surface area contributed by atoms with Crippen LogP contribution in [0.2, 0.25) is 0 Å². The van der Waals surface area contributed by atoms with Gasteiger partial charge in [-0.2, -0.15) is 5.10 Å². The number of oxazole rings is 1. The number of amides is 1. The van der Waals surface area contributed by atoms with Crippen molar-refractivity contribution in [2.75, 3.05) is 10.6 Å². The minimum absolute atomic E-state index is 0.226. The van der Waals surface area contributed by atoms with Gasteiger partial charge in [0.05, 0.1) is 16.9 Å². The van der Waals surface area contributed by atoms with Gasteiger partial charge in [-0.25, -0.2) is 4.98 Å². The first kappa shape index (κ1) is 20.2. The van der Waals surface area contributed by atoms with Gasteiger partial charge in [-0.1, -0.05) is 19.3 Å². The second-order valence-corrected chi connectivity index (χ2v) is 8.42. The molecule has 8 heteroatoms. The van der Waals surface area contributed by atoms with Crippen LogP contribution in [0.5, 0.6) is 0 Å². The Hall–Kier alpha value is -3.68. The van der Waals surface area contributed by atoms with Crippen LogP contribution in [0.1, 0.15) is 48.3 Å². The fourth-order valence-corrected chi connectivity index (χ4v) is 4.26. The molecule has 1 fully saturated rings. The fourth-order valence-electron chi connectivity index (χ4n) is 4.26. The van der Waals surface area contributed by atoms with E-state index >= 15 is 0 Å². The molecule has 4 aromatic rings. The molecule has 0 aliphatic heterocycles. The van der Waals surface area contributed by atoms with Crippen LogP contribution in [-0.4, -0.2) is 31.7 Å². The second kappa shape index (κ2) is 8.45. The van der Waals surface area contributed by atoms with Crippen molar-refractivity contribution in [3.05, 3.63) is 54.3 Å². The van der Waals surface area contributed by atoms with Gasteiger partial charge in [0.1, 0.15) is 6.26 Å². The van der Waals surface area contributed by atoms with Crippen molar-refractivity contribution in [2.24, 2.45) is 7.05 Å². The molecule has 0 bridgehead atoms. The fraction of sp³-hybridized carbons (Fsp3) is 0.333. The predicted molar refractivity (Wildman–Crippen MR) is 124 cm³/mol. The molecule has 1 amide bonds. The summed E-state index contributed by atoms with van der Waals surface area (Å²) in [5.41, 5.74) is 4.35. The van der Waals surface area contributed by atoms with Crippen LogP contribution in [0.25, 0.3) is 22.4 Å². The summed E-state index contributed by atoms with van der Waals surface area (Å²) in [6.45, 7) is 1.90. The molecule has 3 heterocycles. The maximum Gasteiger partial charge on any atom is 0.277 e. The molecule has 0 saturated heterocycles. The van der Waals surface area contributed by atoms with Crippen molar-refractivity contribution in [3.63, 3.8) is 0 Å². The van der Waals surface area contributed by atoms with Crippen molar-refractivity contribution in [2.45, 2.75) is 45.1 Å². The number of hydrogen-bond acceptors (Lipinski definition) is 6. The van der Waals surface area contributed by atoms with Crippen LogP contribution >= 0.6 is 0 Å². The Kier molecular flexibility index (Phi) is 5.34. The molecule has 1 saturated carbocycles. The number of nitrogens with zero attached hydrogens (tertiary/aromatic N) is 4. The number of aryl methyl sites for hydroxylation is 2. The Morgan fingerprint density at radius 3 is 2.81 bits per heavy atom. The van der Waals surface area contributed by atoms with E-state index in [1.165, 1.54) is 25.5 Å². The highest BCUT2D eigenvalue weighted by atomic mass is 16.3. The van der Waals surface area contributed by atoms with Gasteiger partial charge in [0.25, 0.3) is 5.91 Å². The Bertz CT molecular complexity index is 1270. The van der Waals surface area contributed by atoms with Crippen LogP contribution in [0.15, 0.2) is 47.3 Å². The van der Waals surface area contributed by atoms with Crippen LogP contribution in [0.3, 0.4) is 0 Å². The first-order chi connectivity index (χ1) is 15.5. The average Bonchev–Trinajstić information content (AvgIpc) is 3.41. The molecule has 0 spiro atoms. The molecule has 2 N–H and O–H groups in total. The maximum atomic E-state index is 13.0. The van der Waals surface area contributed by atoms with Crippen molar-refractivity contribution in [3.8, 4) is 11.5 Å². The minimum atomic E-state index is -0.319. The topological polar surface area (TPSA) is 97.9 Å². The highest BCUT2D eigenvalue weighted by Crippen LogP contribution is 2.31. The maximum absolute atomic E-state index is 13.0. The van der Waals surface area contributed by atoms with E-state index in [-0.39, 0.29) is 11.6 Å². The highest BCUT2D eigenvalue weighted by molar-refractivity contribution is 6.06. The third kappa shape index (κ3) is 4.21. The molecule has 8 nitrogen and oxygen atoms in total. The number of aromatic nitrogens is 4. The summed E-state index contributed by atoms with van der Waals surface area (Å²) in [6, 6.07) is 8.04. The summed E-state index contributed by atoms with van der Waals surface area (Å²) in [7, 11) is 1.89. The zero-order valence-corrected chi connectivity index (χ0v) is 18.3. The summed E-state index contributed by atoms with van der Waals surface area (Å²) in [6.07, 6.45) is 11.0. The van der Waals surface area contributed by atoms with Gasteiger partial charge >= 0.3 is 0 Å². The lowest BCUT2D eigenvalue weighted by molar-refractivity contribution is 0.102. The number of hydrogen-bond donors (Lipinski definition) is 2. The number of carbonyl (C=O) groups excluding carboxylic acids is 1. The number of pyridine rings is 1. The Morgan fingerprint density at radius 2 is 2.00 bits per heavy atom. The largest absolute Gasteiger partial charge is 0.444 e. The van der Waals surface area contributed by atoms with Crippen molar-refractivity contribution in [1.29, 1.82) is 0 Å². The lowest BCUT2D eigenvalue weighted by Crippen LogP contribution is -2.23. The van der Waals surface area contributed by atoms with Crippen LogP contribution < -0.4 is 10.6 Å². The zero-order valence-electron chi connectivity index (χ0n) is 18.3. The summed E-state index contributed by atoms with van der Waals surface area (Å²) in [4.78, 5) is 21.6. The lowest BCUT2D eigenvalue weighted by atomic mass is 9.95. The second-order valence-electron chi connectivity index (χ2n) is 8.42. The van der Waals surface area contributed by atoms with E-state index < -0.39 is 0 Å². The Morgan fingerprint density at radius 1 is 1.16 bits per heavy atom. The molecule has 0 radical (unpaired) electrons. The average molecular weight is 431 g/mol. The van der Waals surface area contributed by atoms with E-state index in [1.807, 2.05) is 44.4 Å². The van der Waals surface area contributed by atoms with Crippen LogP contribution in [-0.2, 0) is 7.05 Å². The number of rotatable bonds is 5. The molecule has 164 valence electrons. The quantitative estimate of drug-likeness (QED) is 0.466. The Labute approximate surface area is 186 Å². The number of fused-ring (bicyclic) bond motifs is 1. The molecule has 5 rings (SSSR count). The monoisotopic (exact) mass is 430 g/mol. The Balaban J connectivity index is 1.42. The van der Waals surface area contributed by atoms with E-state index in [9.17, 15) is 4.79 Å². The van der Waals surface area contributed by atoms with E-state index in [1.54, 1.807) is 10.9 Å². The van der Waals surface area contributed by atoms with E-state index in [0.29, 0.717) is 17.6 Å². The molecule has 0 unspecified atom stereocenters. The van der Waals surface area contributed by atoms with Crippen molar-refractivity contribution in [1.82, 2.24) is 19.7 Å². The van der Waals surface area contributed by atoms with E-state index in [4.69, 9.17) is 4.42 Å². The first-order valence-electron chi connectivity index (χ1n) is 11.0. The van der Waals surface area contributed by atoms with Gasteiger partial charge in [0, 0.05) is 42.1 Å². The predicted octanol–water partition coefficient (Wildman–Crippen LogP) is 4.93. The SMILES string of the molecule is Cc1cc(-c2nc(C(=O)Nc3cc4cn(C)nc4cc3NC3CCCCC3)co2)ccn1. The van der Waals surface area contributed by atoms with E-state index in [2.05, 4.69) is 25.7 Å². The number of anilines is 2. The van der Waals surface area contributed by atoms with Crippen molar-refractivity contribution >= 4 is 28.2 Å². The summed E-state index contributed by atoms with van der Waals surface area (Å²) in [5.74, 6) is 0.0737. The van der Waals surface area contributed by atoms with Gasteiger partial charge in [-0.05, 0) is 44.0 Å². The number of nitrogens with one attached hydrogen (secondary N) is 2. The molecule has 1 aromatic carbocycles. The molecule has 3 aromatic heterocycles. The van der Waals surface area contributed by atoms with Gasteiger partial charge in [0.2, 0.25) is 5.89 Å². The first-order valence-corrected chi connectivity index (χ1v) is 11.0. The normalized spacial score (nSPS) is 14.6. The van der Waals surface area contributed by atoms with Crippen molar-refractivity contribution < 1.29 is 9.21 Å². The highest BCUT2D eigenvalue weighted by Gasteiger charge is 2.19. The molecular formula is C24H26N6O2. The molecule has 1 aliphatic carbocycles. The molecular weight excluding hydrogens is 404 g/mol. The number of carbonyl (C=O) groups is 1. The van der Waals surface area contributed by atoms with Gasteiger partial charge in [-0.15, -0.1) is 0 Å². The molecule has 0 atom stereocenters. The van der Waals surface area contributed by atoms with Gasteiger partial charge < -0.3 is 15.1 Å². The third-order valence-corrected chi connectivity index (χ3v) is 5.85. The summed E-state index contributed by atoms with van der Waals surface area (Å²) < 4.78 is 7.34. The molecule has 32 heavy (non-hydrogen) atoms. The lowest BCUT2D eigenvalue weighted by Gasteiger charge is -2.25. The summed E-state index contributed by atoms with van der Waals surface area (Å²) in [5, 5.41) is 12.1. The smallest absolute Gasteiger partial charge is 0.277 e. The van der Waals surface area contributed by atoms with Gasteiger partial charge in [0.15, 0.2) is 5.69 Å². The standard InChI is InChI=1S/C24H26N6O2/c1-15-10-16(8-9-25-15)24-28-22(14-32-24)23(31)27-20-11-17-13-30(2)29-19(17)12-21(20)26-18-6-4-3-5-7-18/h8-14,18,26H,3-7H2,1-2H3,(H,27,31). The zero-order chi connectivity index (χ0) is 22.1. The minimum Gasteiger partial charge on any atom is -0.444 e. The third-order valence-electron chi connectivity index (χ3n) is 5.85. The van der Waals surface area contributed by atoms with E-state index in [0.717, 1.165) is 40.7 Å². The van der Waals surface area contributed by atoms with Crippen LogP contribution in [0, 0.1) is 6.92 Å². The summed E-state index contributed by atoms with van der Waals surface area (Å²) >= 11 is 0. The number of benzene rings is 1. The molecule has 1 aliphatic rings.